The summed E-state index contributed by atoms with van der Waals surface area (Å²) in [6.45, 7) is 7.56. The van der Waals surface area contributed by atoms with Gasteiger partial charge in [0.1, 0.15) is 0 Å². The molecule has 1 amide bonds. The predicted octanol–water partition coefficient (Wildman–Crippen LogP) is 5.61. The lowest BCUT2D eigenvalue weighted by Gasteiger charge is -2.19. The molecule has 0 aliphatic carbocycles. The van der Waals surface area contributed by atoms with Gasteiger partial charge in [0.05, 0.1) is 15.6 Å². The highest BCUT2D eigenvalue weighted by molar-refractivity contribution is 6.42. The molecule has 0 aliphatic rings. The van der Waals surface area contributed by atoms with Crippen molar-refractivity contribution in [2.24, 2.45) is 0 Å². The van der Waals surface area contributed by atoms with Crippen molar-refractivity contribution in [3.8, 4) is 0 Å². The van der Waals surface area contributed by atoms with Crippen LogP contribution in [0.3, 0.4) is 0 Å². The van der Waals surface area contributed by atoms with Crippen LogP contribution < -0.4 is 5.32 Å². The van der Waals surface area contributed by atoms with Crippen molar-refractivity contribution in [1.82, 2.24) is 0 Å². The van der Waals surface area contributed by atoms with Gasteiger partial charge >= 0.3 is 5.97 Å². The van der Waals surface area contributed by atoms with E-state index in [0.29, 0.717) is 5.02 Å². The van der Waals surface area contributed by atoms with Crippen LogP contribution in [0.15, 0.2) is 36.4 Å². The lowest BCUT2D eigenvalue weighted by molar-refractivity contribution is -0.123. The third-order valence-corrected chi connectivity index (χ3v) is 4.72. The van der Waals surface area contributed by atoms with E-state index in [9.17, 15) is 9.59 Å². The number of carbonyl (C=O) groups excluding carboxylic acids is 2. The number of carbonyl (C=O) groups is 2. The first kappa shape index (κ1) is 20.3. The maximum atomic E-state index is 12.5. The molecule has 1 N–H and O–H groups in total. The highest BCUT2D eigenvalue weighted by atomic mass is 35.5. The van der Waals surface area contributed by atoms with Crippen molar-refractivity contribution in [3.05, 3.63) is 63.1 Å². The molecule has 0 unspecified atom stereocenters. The van der Waals surface area contributed by atoms with Gasteiger partial charge in [-0.15, -0.1) is 0 Å². The zero-order valence-electron chi connectivity index (χ0n) is 15.1. The number of aryl methyl sites for hydroxylation is 1. The predicted molar refractivity (Wildman–Crippen MR) is 105 cm³/mol. The highest BCUT2D eigenvalue weighted by Crippen LogP contribution is 2.28. The second-order valence-electron chi connectivity index (χ2n) is 6.36. The molecule has 0 saturated heterocycles. The SMILES string of the molecule is Cc1cccc(C(C)C)c1NC(=O)[C@H](C)OC(=O)c1ccc(Cl)c(Cl)c1. The molecule has 0 bridgehead atoms. The number of rotatable bonds is 5. The van der Waals surface area contributed by atoms with E-state index in [-0.39, 0.29) is 16.5 Å². The summed E-state index contributed by atoms with van der Waals surface area (Å²) in [5.41, 5.74) is 2.97. The molecule has 0 radical (unpaired) electrons. The van der Waals surface area contributed by atoms with Crippen LogP contribution in [0.5, 0.6) is 0 Å². The monoisotopic (exact) mass is 393 g/mol. The number of hydrogen-bond acceptors (Lipinski definition) is 3. The largest absolute Gasteiger partial charge is 0.449 e. The summed E-state index contributed by atoms with van der Waals surface area (Å²) >= 11 is 11.7. The Kier molecular flexibility index (Phi) is 6.68. The van der Waals surface area contributed by atoms with Crippen LogP contribution in [-0.4, -0.2) is 18.0 Å². The quantitative estimate of drug-likeness (QED) is 0.671. The van der Waals surface area contributed by atoms with Gasteiger partial charge in [0.25, 0.3) is 5.91 Å². The van der Waals surface area contributed by atoms with Crippen molar-refractivity contribution >= 4 is 40.8 Å². The molecule has 4 nitrogen and oxygen atoms in total. The lowest BCUT2D eigenvalue weighted by Crippen LogP contribution is -2.30. The standard InChI is InChI=1S/C20H21Cl2NO3/c1-11(2)15-7-5-6-12(3)18(15)23-19(24)13(4)26-20(25)14-8-9-16(21)17(22)10-14/h5-11,13H,1-4H3,(H,23,24)/t13-/m0/s1. The summed E-state index contributed by atoms with van der Waals surface area (Å²) in [4.78, 5) is 24.7. The molecule has 0 aromatic heterocycles. The molecule has 0 saturated carbocycles. The summed E-state index contributed by atoms with van der Waals surface area (Å²) < 4.78 is 5.25. The van der Waals surface area contributed by atoms with E-state index in [0.717, 1.165) is 16.8 Å². The second-order valence-corrected chi connectivity index (χ2v) is 7.17. The topological polar surface area (TPSA) is 55.4 Å². The maximum Gasteiger partial charge on any atom is 0.338 e. The summed E-state index contributed by atoms with van der Waals surface area (Å²) in [7, 11) is 0. The number of halogens is 2. The molecule has 1 atom stereocenters. The lowest BCUT2D eigenvalue weighted by atomic mass is 9.98. The third-order valence-electron chi connectivity index (χ3n) is 3.98. The fourth-order valence-corrected chi connectivity index (χ4v) is 2.77. The molecule has 26 heavy (non-hydrogen) atoms. The van der Waals surface area contributed by atoms with Crippen molar-refractivity contribution in [1.29, 1.82) is 0 Å². The number of para-hydroxylation sites is 1. The Morgan fingerprint density at radius 3 is 2.35 bits per heavy atom. The van der Waals surface area contributed by atoms with Gasteiger partial charge < -0.3 is 10.1 Å². The highest BCUT2D eigenvalue weighted by Gasteiger charge is 2.21. The number of nitrogens with one attached hydrogen (secondary N) is 1. The summed E-state index contributed by atoms with van der Waals surface area (Å²) in [5, 5.41) is 3.47. The minimum absolute atomic E-state index is 0.234. The fraction of sp³-hybridized carbons (Fsp3) is 0.300. The molecule has 2 aromatic carbocycles. The van der Waals surface area contributed by atoms with Crippen LogP contribution in [0.1, 0.15) is 48.2 Å². The van der Waals surface area contributed by atoms with Gasteiger partial charge in [-0.25, -0.2) is 4.79 Å². The van der Waals surface area contributed by atoms with Crippen LogP contribution in [-0.2, 0) is 9.53 Å². The number of anilines is 1. The Hall–Kier alpha value is -2.04. The zero-order chi connectivity index (χ0) is 19.4. The van der Waals surface area contributed by atoms with E-state index in [2.05, 4.69) is 19.2 Å². The van der Waals surface area contributed by atoms with E-state index in [1.54, 1.807) is 0 Å². The average molecular weight is 394 g/mol. The fourth-order valence-electron chi connectivity index (χ4n) is 2.47. The van der Waals surface area contributed by atoms with E-state index < -0.39 is 18.0 Å². The van der Waals surface area contributed by atoms with E-state index in [1.165, 1.54) is 25.1 Å². The van der Waals surface area contributed by atoms with Gasteiger partial charge in [-0.2, -0.15) is 0 Å². The van der Waals surface area contributed by atoms with Crippen LogP contribution in [0.2, 0.25) is 10.0 Å². The van der Waals surface area contributed by atoms with Gasteiger partial charge in [0, 0.05) is 5.69 Å². The average Bonchev–Trinajstić information content (AvgIpc) is 2.58. The van der Waals surface area contributed by atoms with Gasteiger partial charge in [0.2, 0.25) is 0 Å². The molecular formula is C20H21Cl2NO3. The smallest absolute Gasteiger partial charge is 0.338 e. The minimum Gasteiger partial charge on any atom is -0.449 e. The molecule has 6 heteroatoms. The van der Waals surface area contributed by atoms with Gasteiger partial charge in [-0.3, -0.25) is 4.79 Å². The molecule has 0 spiro atoms. The Labute approximate surface area is 163 Å². The van der Waals surface area contributed by atoms with Crippen LogP contribution in [0.25, 0.3) is 0 Å². The maximum absolute atomic E-state index is 12.5. The van der Waals surface area contributed by atoms with Crippen molar-refractivity contribution in [2.45, 2.75) is 39.7 Å². The molecule has 138 valence electrons. The molecule has 2 aromatic rings. The Morgan fingerprint density at radius 1 is 1.04 bits per heavy atom. The number of esters is 1. The first-order valence-corrected chi connectivity index (χ1v) is 9.02. The molecule has 0 heterocycles. The Bertz CT molecular complexity index is 834. The zero-order valence-corrected chi connectivity index (χ0v) is 16.6. The molecule has 0 aliphatic heterocycles. The second kappa shape index (κ2) is 8.56. The van der Waals surface area contributed by atoms with Crippen LogP contribution in [0, 0.1) is 6.92 Å². The van der Waals surface area contributed by atoms with E-state index >= 15 is 0 Å². The van der Waals surface area contributed by atoms with Crippen LogP contribution in [0.4, 0.5) is 5.69 Å². The number of benzene rings is 2. The normalized spacial score (nSPS) is 12.0. The number of amides is 1. The third kappa shape index (κ3) is 4.77. The summed E-state index contributed by atoms with van der Waals surface area (Å²) in [6, 6.07) is 10.3. The van der Waals surface area contributed by atoms with Crippen molar-refractivity contribution in [3.63, 3.8) is 0 Å². The van der Waals surface area contributed by atoms with Crippen molar-refractivity contribution in [2.75, 3.05) is 5.32 Å². The van der Waals surface area contributed by atoms with Gasteiger partial charge in [-0.05, 0) is 49.1 Å². The van der Waals surface area contributed by atoms with Gasteiger partial charge in [0.15, 0.2) is 6.10 Å². The Balaban J connectivity index is 2.11. The summed E-state index contributed by atoms with van der Waals surface area (Å²) in [5.74, 6) is -0.783. The van der Waals surface area contributed by atoms with Crippen molar-refractivity contribution < 1.29 is 14.3 Å². The van der Waals surface area contributed by atoms with Gasteiger partial charge in [-0.1, -0.05) is 55.2 Å². The summed E-state index contributed by atoms with van der Waals surface area (Å²) in [6.07, 6.45) is -0.962. The molecular weight excluding hydrogens is 373 g/mol. The minimum atomic E-state index is -0.962. The first-order chi connectivity index (χ1) is 12.2. The van der Waals surface area contributed by atoms with Crippen LogP contribution >= 0.6 is 23.2 Å². The number of hydrogen-bond donors (Lipinski definition) is 1. The molecule has 0 fully saturated rings. The van der Waals surface area contributed by atoms with E-state index in [4.69, 9.17) is 27.9 Å². The molecule has 2 rings (SSSR count). The number of ether oxygens (including phenoxy) is 1. The Morgan fingerprint density at radius 2 is 1.73 bits per heavy atom. The first-order valence-electron chi connectivity index (χ1n) is 8.27. The van der Waals surface area contributed by atoms with E-state index in [1.807, 2.05) is 25.1 Å².